The first kappa shape index (κ1) is 23.2. The molecule has 1 amide bonds. The number of hydrogen-bond acceptors (Lipinski definition) is 4. The molecule has 0 aliphatic carbocycles. The van der Waals surface area contributed by atoms with Crippen LogP contribution in [0.1, 0.15) is 30.7 Å². The van der Waals surface area contributed by atoms with Crippen LogP contribution in [0.3, 0.4) is 0 Å². The SMILES string of the molecule is CCOc1ccc(N2CC(c3nc4ccccc4n3CCOc3ccc(Cl)c(C)c3)CC2=O)cc1. The highest BCUT2D eigenvalue weighted by molar-refractivity contribution is 6.31. The van der Waals surface area contributed by atoms with Crippen LogP contribution in [0.4, 0.5) is 5.69 Å². The number of carbonyl (C=O) groups is 1. The zero-order valence-electron chi connectivity index (χ0n) is 19.9. The Hall–Kier alpha value is -3.51. The zero-order valence-corrected chi connectivity index (χ0v) is 20.7. The molecule has 0 spiro atoms. The summed E-state index contributed by atoms with van der Waals surface area (Å²) in [6, 6.07) is 21.5. The van der Waals surface area contributed by atoms with Crippen LogP contribution in [0.15, 0.2) is 66.7 Å². The second-order valence-electron chi connectivity index (χ2n) is 8.70. The van der Waals surface area contributed by atoms with E-state index in [4.69, 9.17) is 26.1 Å². The molecule has 2 heterocycles. The van der Waals surface area contributed by atoms with E-state index >= 15 is 0 Å². The van der Waals surface area contributed by atoms with Gasteiger partial charge in [0, 0.05) is 29.6 Å². The number of hydrogen-bond donors (Lipinski definition) is 0. The molecule has 1 saturated heterocycles. The Kier molecular flexibility index (Phi) is 6.64. The first-order valence-corrected chi connectivity index (χ1v) is 12.3. The average Bonchev–Trinajstić information content (AvgIpc) is 3.43. The molecule has 0 radical (unpaired) electrons. The van der Waals surface area contributed by atoms with Crippen LogP contribution in [-0.2, 0) is 11.3 Å². The van der Waals surface area contributed by atoms with Crippen LogP contribution in [-0.4, -0.2) is 35.2 Å². The Morgan fingerprint density at radius 1 is 1.03 bits per heavy atom. The normalized spacial score (nSPS) is 15.7. The van der Waals surface area contributed by atoms with Gasteiger partial charge in [-0.15, -0.1) is 0 Å². The van der Waals surface area contributed by atoms with Gasteiger partial charge in [0.15, 0.2) is 0 Å². The summed E-state index contributed by atoms with van der Waals surface area (Å²) in [5.41, 5.74) is 3.84. The molecule has 1 aliphatic rings. The number of rotatable bonds is 8. The molecule has 5 rings (SSSR count). The number of fused-ring (bicyclic) bond motifs is 1. The lowest BCUT2D eigenvalue weighted by Gasteiger charge is -2.18. The summed E-state index contributed by atoms with van der Waals surface area (Å²) in [4.78, 5) is 19.8. The summed E-state index contributed by atoms with van der Waals surface area (Å²) in [6.45, 7) is 6.23. The molecule has 0 N–H and O–H groups in total. The van der Waals surface area contributed by atoms with E-state index in [1.165, 1.54) is 0 Å². The minimum absolute atomic E-state index is 0.000699. The third-order valence-electron chi connectivity index (χ3n) is 6.35. The Balaban J connectivity index is 1.36. The standard InChI is InChI=1S/C28H28ClN3O3/c1-3-34-22-10-8-21(9-11-22)32-18-20(17-27(32)33)28-30-25-6-4-5-7-26(25)31(28)14-15-35-23-12-13-24(29)19(2)16-23/h4-13,16,20H,3,14-15,17-18H2,1-2H3. The van der Waals surface area contributed by atoms with Crippen LogP contribution in [0, 0.1) is 6.92 Å². The summed E-state index contributed by atoms with van der Waals surface area (Å²) in [5, 5.41) is 0.725. The molecule has 180 valence electrons. The number of anilines is 1. The van der Waals surface area contributed by atoms with E-state index in [0.717, 1.165) is 44.6 Å². The topological polar surface area (TPSA) is 56.6 Å². The Labute approximate surface area is 210 Å². The first-order valence-electron chi connectivity index (χ1n) is 11.9. The van der Waals surface area contributed by atoms with Crippen molar-refractivity contribution in [2.75, 3.05) is 24.7 Å². The van der Waals surface area contributed by atoms with Crippen molar-refractivity contribution in [2.24, 2.45) is 0 Å². The number of halogens is 1. The monoisotopic (exact) mass is 489 g/mol. The third-order valence-corrected chi connectivity index (χ3v) is 6.77. The fourth-order valence-electron chi connectivity index (χ4n) is 4.62. The van der Waals surface area contributed by atoms with E-state index in [1.807, 2.05) is 79.4 Å². The molecule has 1 aliphatic heterocycles. The maximum Gasteiger partial charge on any atom is 0.227 e. The van der Waals surface area contributed by atoms with Gasteiger partial charge in [0.2, 0.25) is 5.91 Å². The van der Waals surface area contributed by atoms with Crippen LogP contribution < -0.4 is 14.4 Å². The molecular weight excluding hydrogens is 462 g/mol. The van der Waals surface area contributed by atoms with Crippen LogP contribution in [0.5, 0.6) is 11.5 Å². The largest absolute Gasteiger partial charge is 0.494 e. The summed E-state index contributed by atoms with van der Waals surface area (Å²) < 4.78 is 13.8. The lowest BCUT2D eigenvalue weighted by atomic mass is 10.1. The fraction of sp³-hybridized carbons (Fsp3) is 0.286. The number of aryl methyl sites for hydroxylation is 1. The average molecular weight is 490 g/mol. The second kappa shape index (κ2) is 10.0. The van der Waals surface area contributed by atoms with Crippen molar-refractivity contribution in [1.29, 1.82) is 0 Å². The van der Waals surface area contributed by atoms with Gasteiger partial charge in [-0.2, -0.15) is 0 Å². The van der Waals surface area contributed by atoms with E-state index in [1.54, 1.807) is 0 Å². The lowest BCUT2D eigenvalue weighted by molar-refractivity contribution is -0.117. The number of nitrogens with zero attached hydrogens (tertiary/aromatic N) is 3. The van der Waals surface area contributed by atoms with Gasteiger partial charge in [-0.05, 0) is 74.0 Å². The van der Waals surface area contributed by atoms with Crippen molar-refractivity contribution in [1.82, 2.24) is 9.55 Å². The van der Waals surface area contributed by atoms with Gasteiger partial charge < -0.3 is 18.9 Å². The van der Waals surface area contributed by atoms with Gasteiger partial charge in [-0.1, -0.05) is 23.7 Å². The second-order valence-corrected chi connectivity index (χ2v) is 9.11. The number of para-hydroxylation sites is 2. The third kappa shape index (κ3) is 4.84. The Morgan fingerprint density at radius 2 is 1.80 bits per heavy atom. The number of amides is 1. The summed E-state index contributed by atoms with van der Waals surface area (Å²) in [7, 11) is 0. The molecular formula is C28H28ClN3O3. The van der Waals surface area contributed by atoms with Crippen molar-refractivity contribution >= 4 is 34.2 Å². The highest BCUT2D eigenvalue weighted by Gasteiger charge is 2.34. The van der Waals surface area contributed by atoms with Crippen molar-refractivity contribution in [3.05, 3.63) is 83.1 Å². The fourth-order valence-corrected chi connectivity index (χ4v) is 4.74. The molecule has 35 heavy (non-hydrogen) atoms. The minimum atomic E-state index is -0.000699. The van der Waals surface area contributed by atoms with E-state index in [-0.39, 0.29) is 11.8 Å². The summed E-state index contributed by atoms with van der Waals surface area (Å²) in [5.74, 6) is 2.61. The molecule has 4 aromatic rings. The van der Waals surface area contributed by atoms with E-state index in [0.29, 0.717) is 32.7 Å². The van der Waals surface area contributed by atoms with Gasteiger partial charge in [0.25, 0.3) is 0 Å². The number of imidazole rings is 1. The predicted octanol–water partition coefficient (Wildman–Crippen LogP) is 6.00. The molecule has 1 unspecified atom stereocenters. The molecule has 7 heteroatoms. The Bertz CT molecular complexity index is 1350. The van der Waals surface area contributed by atoms with Gasteiger partial charge >= 0.3 is 0 Å². The van der Waals surface area contributed by atoms with Crippen molar-refractivity contribution in [3.8, 4) is 11.5 Å². The van der Waals surface area contributed by atoms with Gasteiger partial charge in [-0.25, -0.2) is 4.98 Å². The van der Waals surface area contributed by atoms with E-state index < -0.39 is 0 Å². The van der Waals surface area contributed by atoms with Crippen molar-refractivity contribution in [2.45, 2.75) is 32.7 Å². The van der Waals surface area contributed by atoms with Crippen molar-refractivity contribution in [3.63, 3.8) is 0 Å². The van der Waals surface area contributed by atoms with Crippen LogP contribution >= 0.6 is 11.6 Å². The highest BCUT2D eigenvalue weighted by atomic mass is 35.5. The van der Waals surface area contributed by atoms with Crippen LogP contribution in [0.2, 0.25) is 5.02 Å². The summed E-state index contributed by atoms with van der Waals surface area (Å²) in [6.07, 6.45) is 0.424. The van der Waals surface area contributed by atoms with Gasteiger partial charge in [-0.3, -0.25) is 4.79 Å². The molecule has 1 aromatic heterocycles. The molecule has 1 atom stereocenters. The number of carbonyl (C=O) groups excluding carboxylic acids is 1. The first-order chi connectivity index (χ1) is 17.0. The van der Waals surface area contributed by atoms with Gasteiger partial charge in [0.1, 0.15) is 23.9 Å². The molecule has 0 saturated carbocycles. The maximum atomic E-state index is 13.0. The number of aromatic nitrogens is 2. The minimum Gasteiger partial charge on any atom is -0.494 e. The number of benzene rings is 3. The maximum absolute atomic E-state index is 13.0. The van der Waals surface area contributed by atoms with Crippen LogP contribution in [0.25, 0.3) is 11.0 Å². The smallest absolute Gasteiger partial charge is 0.227 e. The van der Waals surface area contributed by atoms with Crippen molar-refractivity contribution < 1.29 is 14.3 Å². The lowest BCUT2D eigenvalue weighted by Crippen LogP contribution is -2.24. The zero-order chi connectivity index (χ0) is 24.4. The molecule has 3 aromatic carbocycles. The van der Waals surface area contributed by atoms with E-state index in [9.17, 15) is 4.79 Å². The Morgan fingerprint density at radius 3 is 2.57 bits per heavy atom. The number of ether oxygens (including phenoxy) is 2. The van der Waals surface area contributed by atoms with Gasteiger partial charge in [0.05, 0.1) is 24.2 Å². The highest BCUT2D eigenvalue weighted by Crippen LogP contribution is 2.34. The molecule has 6 nitrogen and oxygen atoms in total. The quantitative estimate of drug-likeness (QED) is 0.305. The predicted molar refractivity (Wildman–Crippen MR) is 139 cm³/mol. The molecule has 0 bridgehead atoms. The summed E-state index contributed by atoms with van der Waals surface area (Å²) >= 11 is 6.14. The van der Waals surface area contributed by atoms with E-state index in [2.05, 4.69) is 10.6 Å². The molecule has 1 fully saturated rings.